The standard InChI is InChI=1S/C21H25N5O2S2/c1-30(27,28)26-13-12-25-18(17-5-3-2-4-6-17)15-23-20(25)21(26)7-10-24(11-8-21)16-19-22-9-14-29-19/h2-6,9,14-15H,7-8,10-13,16H2,1H3. The number of fused-ring (bicyclic) bond motifs is 2. The van der Waals surface area contributed by atoms with Gasteiger partial charge in [0.2, 0.25) is 10.0 Å². The van der Waals surface area contributed by atoms with Crippen LogP contribution in [0.25, 0.3) is 11.3 Å². The van der Waals surface area contributed by atoms with Gasteiger partial charge in [-0.25, -0.2) is 18.4 Å². The first-order valence-corrected chi connectivity index (χ1v) is 12.9. The maximum Gasteiger partial charge on any atom is 0.212 e. The van der Waals surface area contributed by atoms with Crippen molar-refractivity contribution in [3.05, 3.63) is 58.9 Å². The summed E-state index contributed by atoms with van der Waals surface area (Å²) in [6, 6.07) is 10.2. The Balaban J connectivity index is 1.50. The lowest BCUT2D eigenvalue weighted by molar-refractivity contribution is 0.0456. The molecule has 0 N–H and O–H groups in total. The summed E-state index contributed by atoms with van der Waals surface area (Å²) in [5.74, 6) is 0.881. The first-order valence-electron chi connectivity index (χ1n) is 10.2. The zero-order valence-electron chi connectivity index (χ0n) is 16.9. The van der Waals surface area contributed by atoms with Gasteiger partial charge in [-0.05, 0) is 18.4 Å². The first kappa shape index (κ1) is 19.9. The van der Waals surface area contributed by atoms with Crippen molar-refractivity contribution in [3.63, 3.8) is 0 Å². The molecule has 4 heterocycles. The molecule has 2 aliphatic heterocycles. The maximum absolute atomic E-state index is 12.8. The highest BCUT2D eigenvalue weighted by Crippen LogP contribution is 2.43. The van der Waals surface area contributed by atoms with Crippen molar-refractivity contribution in [1.82, 2.24) is 23.7 Å². The van der Waals surface area contributed by atoms with Gasteiger partial charge in [-0.1, -0.05) is 30.3 Å². The molecule has 0 amide bonds. The summed E-state index contributed by atoms with van der Waals surface area (Å²) < 4.78 is 29.4. The highest BCUT2D eigenvalue weighted by molar-refractivity contribution is 7.88. The van der Waals surface area contributed by atoms with Crippen LogP contribution < -0.4 is 0 Å². The molecule has 0 aliphatic carbocycles. The molecule has 1 aromatic carbocycles. The fraction of sp³-hybridized carbons (Fsp3) is 0.429. The maximum atomic E-state index is 12.8. The molecule has 1 spiro atoms. The van der Waals surface area contributed by atoms with E-state index in [1.807, 2.05) is 36.0 Å². The second-order valence-electron chi connectivity index (χ2n) is 8.05. The fourth-order valence-corrected chi connectivity index (χ4v) is 6.86. The average Bonchev–Trinajstić information content (AvgIpc) is 3.40. The number of thiazole rings is 1. The number of imidazole rings is 1. The largest absolute Gasteiger partial charge is 0.325 e. The van der Waals surface area contributed by atoms with E-state index in [0.717, 1.165) is 54.6 Å². The average molecular weight is 444 g/mol. The van der Waals surface area contributed by atoms with E-state index in [9.17, 15) is 8.42 Å². The van der Waals surface area contributed by atoms with Gasteiger partial charge >= 0.3 is 0 Å². The van der Waals surface area contributed by atoms with Gasteiger partial charge < -0.3 is 4.57 Å². The third-order valence-corrected chi connectivity index (χ3v) is 8.37. The van der Waals surface area contributed by atoms with E-state index in [1.165, 1.54) is 6.26 Å². The molecule has 1 saturated heterocycles. The van der Waals surface area contributed by atoms with Crippen LogP contribution in [0.15, 0.2) is 48.1 Å². The van der Waals surface area contributed by atoms with Crippen LogP contribution in [0.2, 0.25) is 0 Å². The SMILES string of the molecule is CS(=O)(=O)N1CCn2c(-c3ccccc3)cnc2C12CCN(Cc1nccs1)CC2. The molecule has 30 heavy (non-hydrogen) atoms. The Labute approximate surface area is 181 Å². The van der Waals surface area contributed by atoms with Gasteiger partial charge in [-0.15, -0.1) is 11.3 Å². The number of piperidine rings is 1. The van der Waals surface area contributed by atoms with Crippen molar-refractivity contribution in [2.45, 2.75) is 31.5 Å². The van der Waals surface area contributed by atoms with Crippen LogP contribution in [0.4, 0.5) is 0 Å². The van der Waals surface area contributed by atoms with E-state index < -0.39 is 15.6 Å². The van der Waals surface area contributed by atoms with Crippen LogP contribution in [0, 0.1) is 0 Å². The van der Waals surface area contributed by atoms with Gasteiger partial charge in [-0.2, -0.15) is 4.31 Å². The van der Waals surface area contributed by atoms with Crippen molar-refractivity contribution in [2.24, 2.45) is 0 Å². The smallest absolute Gasteiger partial charge is 0.212 e. The van der Waals surface area contributed by atoms with Crippen LogP contribution in [-0.4, -0.2) is 58.0 Å². The van der Waals surface area contributed by atoms with Crippen LogP contribution in [0.5, 0.6) is 0 Å². The second kappa shape index (κ2) is 7.56. The molecule has 9 heteroatoms. The number of benzene rings is 1. The Morgan fingerprint density at radius 2 is 1.83 bits per heavy atom. The van der Waals surface area contributed by atoms with Crippen LogP contribution in [-0.2, 0) is 28.7 Å². The second-order valence-corrected chi connectivity index (χ2v) is 10.9. The molecule has 5 rings (SSSR count). The van der Waals surface area contributed by atoms with Gasteiger partial charge in [0.15, 0.2) is 0 Å². The van der Waals surface area contributed by atoms with Gasteiger partial charge in [-0.3, -0.25) is 4.90 Å². The zero-order chi connectivity index (χ0) is 20.8. The third-order valence-electron chi connectivity index (χ3n) is 6.27. The molecule has 0 bridgehead atoms. The summed E-state index contributed by atoms with van der Waals surface area (Å²) in [6.07, 6.45) is 6.53. The molecule has 1 fully saturated rings. The molecule has 2 aromatic heterocycles. The molecular weight excluding hydrogens is 418 g/mol. The number of hydrogen-bond acceptors (Lipinski definition) is 6. The molecular formula is C21H25N5O2S2. The lowest BCUT2D eigenvalue weighted by Crippen LogP contribution is -2.59. The lowest BCUT2D eigenvalue weighted by Gasteiger charge is -2.49. The first-order chi connectivity index (χ1) is 14.5. The van der Waals surface area contributed by atoms with E-state index in [0.29, 0.717) is 13.1 Å². The summed E-state index contributed by atoms with van der Waals surface area (Å²) >= 11 is 1.66. The minimum atomic E-state index is -3.35. The number of sulfonamides is 1. The molecule has 0 saturated carbocycles. The topological polar surface area (TPSA) is 71.3 Å². The van der Waals surface area contributed by atoms with E-state index in [1.54, 1.807) is 15.6 Å². The van der Waals surface area contributed by atoms with E-state index in [-0.39, 0.29) is 0 Å². The van der Waals surface area contributed by atoms with Crippen LogP contribution >= 0.6 is 11.3 Å². The van der Waals surface area contributed by atoms with Crippen molar-refractivity contribution in [3.8, 4) is 11.3 Å². The predicted octanol–water partition coefficient (Wildman–Crippen LogP) is 2.77. The van der Waals surface area contributed by atoms with Gasteiger partial charge in [0.05, 0.1) is 30.2 Å². The Morgan fingerprint density at radius 3 is 2.50 bits per heavy atom. The van der Waals surface area contributed by atoms with E-state index in [2.05, 4.69) is 26.6 Å². The molecule has 0 atom stereocenters. The Morgan fingerprint density at radius 1 is 1.07 bits per heavy atom. The number of aromatic nitrogens is 3. The molecule has 158 valence electrons. The normalized spacial score (nSPS) is 19.8. The number of hydrogen-bond donors (Lipinski definition) is 0. The zero-order valence-corrected chi connectivity index (χ0v) is 18.6. The summed E-state index contributed by atoms with van der Waals surface area (Å²) in [4.78, 5) is 11.6. The fourth-order valence-electron chi connectivity index (χ4n) is 4.89. The Kier molecular flexibility index (Phi) is 5.01. The third kappa shape index (κ3) is 3.39. The van der Waals surface area contributed by atoms with Crippen molar-refractivity contribution < 1.29 is 8.42 Å². The van der Waals surface area contributed by atoms with E-state index in [4.69, 9.17) is 4.98 Å². The van der Waals surface area contributed by atoms with Crippen molar-refractivity contribution >= 4 is 21.4 Å². The molecule has 3 aromatic rings. The van der Waals surface area contributed by atoms with Gasteiger partial charge in [0.1, 0.15) is 10.8 Å². The van der Waals surface area contributed by atoms with Gasteiger partial charge in [0, 0.05) is 37.8 Å². The van der Waals surface area contributed by atoms with Gasteiger partial charge in [0.25, 0.3) is 0 Å². The number of likely N-dealkylation sites (tertiary alicyclic amines) is 1. The van der Waals surface area contributed by atoms with Crippen LogP contribution in [0.3, 0.4) is 0 Å². The summed E-state index contributed by atoms with van der Waals surface area (Å²) in [6.45, 7) is 3.56. The highest BCUT2D eigenvalue weighted by atomic mass is 32.2. The van der Waals surface area contributed by atoms with Crippen molar-refractivity contribution in [2.75, 3.05) is 25.9 Å². The highest BCUT2D eigenvalue weighted by Gasteiger charge is 2.50. The number of nitrogens with zero attached hydrogens (tertiary/aromatic N) is 5. The minimum absolute atomic E-state index is 0.481. The van der Waals surface area contributed by atoms with E-state index >= 15 is 0 Å². The molecule has 0 radical (unpaired) electrons. The monoisotopic (exact) mass is 443 g/mol. The molecule has 2 aliphatic rings. The lowest BCUT2D eigenvalue weighted by atomic mass is 9.85. The summed E-state index contributed by atoms with van der Waals surface area (Å²) in [5.41, 5.74) is 1.59. The summed E-state index contributed by atoms with van der Waals surface area (Å²) in [5, 5.41) is 3.09. The van der Waals surface area contributed by atoms with Crippen molar-refractivity contribution in [1.29, 1.82) is 0 Å². The predicted molar refractivity (Wildman–Crippen MR) is 118 cm³/mol. The number of rotatable bonds is 4. The molecule has 7 nitrogen and oxygen atoms in total. The Hall–Kier alpha value is -2.07. The summed E-state index contributed by atoms with van der Waals surface area (Å²) in [7, 11) is -3.35. The van der Waals surface area contributed by atoms with Crippen LogP contribution in [0.1, 0.15) is 23.7 Å². The quantitative estimate of drug-likeness (QED) is 0.620. The Bertz CT molecular complexity index is 1120. The minimum Gasteiger partial charge on any atom is -0.325 e. The molecule has 0 unspecified atom stereocenters.